The van der Waals surface area contributed by atoms with E-state index in [0.29, 0.717) is 12.1 Å². The SMILES string of the molecule is CN(CCCn1ccnc1)C(=O)c1ccc(CN)cc1.Cl. The number of hydrogen-bond acceptors (Lipinski definition) is 3. The molecule has 1 heterocycles. The van der Waals surface area contributed by atoms with Crippen LogP contribution in [0.4, 0.5) is 0 Å². The highest BCUT2D eigenvalue weighted by atomic mass is 35.5. The van der Waals surface area contributed by atoms with Crippen molar-refractivity contribution in [1.29, 1.82) is 0 Å². The topological polar surface area (TPSA) is 64.2 Å². The zero-order valence-electron chi connectivity index (χ0n) is 12.1. The fourth-order valence-corrected chi connectivity index (χ4v) is 2.01. The van der Waals surface area contributed by atoms with Gasteiger partial charge in [-0.05, 0) is 24.1 Å². The van der Waals surface area contributed by atoms with Crippen LogP contribution in [0.5, 0.6) is 0 Å². The molecule has 2 aromatic rings. The van der Waals surface area contributed by atoms with Crippen LogP contribution in [0.3, 0.4) is 0 Å². The first kappa shape index (κ1) is 17.2. The molecule has 0 atom stereocenters. The molecule has 0 saturated heterocycles. The van der Waals surface area contributed by atoms with Gasteiger partial charge in [-0.15, -0.1) is 12.4 Å². The molecule has 0 aliphatic rings. The van der Waals surface area contributed by atoms with Gasteiger partial charge in [0, 0.05) is 44.6 Å². The summed E-state index contributed by atoms with van der Waals surface area (Å²) in [6, 6.07) is 7.45. The van der Waals surface area contributed by atoms with E-state index < -0.39 is 0 Å². The molecule has 2 N–H and O–H groups in total. The van der Waals surface area contributed by atoms with Crippen molar-refractivity contribution in [1.82, 2.24) is 14.5 Å². The Morgan fingerprint density at radius 3 is 2.62 bits per heavy atom. The van der Waals surface area contributed by atoms with E-state index in [1.165, 1.54) is 0 Å². The van der Waals surface area contributed by atoms with Gasteiger partial charge in [0.1, 0.15) is 0 Å². The van der Waals surface area contributed by atoms with Crippen molar-refractivity contribution in [3.63, 3.8) is 0 Å². The first-order valence-electron chi connectivity index (χ1n) is 6.71. The number of benzene rings is 1. The Balaban J connectivity index is 0.00000220. The Bertz CT molecular complexity index is 539. The van der Waals surface area contributed by atoms with Crippen LogP contribution in [0, 0.1) is 0 Å². The van der Waals surface area contributed by atoms with Crippen LogP contribution in [-0.2, 0) is 13.1 Å². The fourth-order valence-electron chi connectivity index (χ4n) is 2.01. The molecule has 0 saturated carbocycles. The molecular weight excluding hydrogens is 288 g/mol. The molecule has 0 spiro atoms. The minimum Gasteiger partial charge on any atom is -0.342 e. The third-order valence-electron chi connectivity index (χ3n) is 3.25. The molecule has 0 bridgehead atoms. The molecule has 0 unspecified atom stereocenters. The number of aromatic nitrogens is 2. The molecule has 114 valence electrons. The Kier molecular flexibility index (Phi) is 6.91. The predicted octanol–water partition coefficient (Wildman–Crippen LogP) is 1.93. The molecule has 5 nitrogen and oxygen atoms in total. The Labute approximate surface area is 131 Å². The quantitative estimate of drug-likeness (QED) is 0.887. The van der Waals surface area contributed by atoms with Crippen molar-refractivity contribution >= 4 is 18.3 Å². The van der Waals surface area contributed by atoms with Crippen molar-refractivity contribution in [2.75, 3.05) is 13.6 Å². The molecule has 0 aliphatic heterocycles. The van der Waals surface area contributed by atoms with Gasteiger partial charge in [0.2, 0.25) is 0 Å². The molecule has 1 aromatic carbocycles. The second-order valence-electron chi connectivity index (χ2n) is 4.78. The number of nitrogens with two attached hydrogens (primary N) is 1. The van der Waals surface area contributed by atoms with Gasteiger partial charge in [-0.25, -0.2) is 4.98 Å². The Hall–Kier alpha value is -1.85. The summed E-state index contributed by atoms with van der Waals surface area (Å²) in [5, 5.41) is 0. The Morgan fingerprint density at radius 2 is 2.05 bits per heavy atom. The van der Waals surface area contributed by atoms with Gasteiger partial charge < -0.3 is 15.2 Å². The lowest BCUT2D eigenvalue weighted by Crippen LogP contribution is -2.28. The predicted molar refractivity (Wildman–Crippen MR) is 85.4 cm³/mol. The van der Waals surface area contributed by atoms with Crippen LogP contribution >= 0.6 is 12.4 Å². The van der Waals surface area contributed by atoms with Gasteiger partial charge in [0.05, 0.1) is 6.33 Å². The summed E-state index contributed by atoms with van der Waals surface area (Å²) in [5.74, 6) is 0.0409. The second kappa shape index (κ2) is 8.44. The van der Waals surface area contributed by atoms with Crippen LogP contribution in [0.25, 0.3) is 0 Å². The van der Waals surface area contributed by atoms with Crippen LogP contribution in [0.1, 0.15) is 22.3 Å². The van der Waals surface area contributed by atoms with Crippen LogP contribution < -0.4 is 5.73 Å². The van der Waals surface area contributed by atoms with E-state index in [9.17, 15) is 4.79 Å². The number of carbonyl (C=O) groups is 1. The molecular formula is C15H21ClN4O. The largest absolute Gasteiger partial charge is 0.342 e. The number of carbonyl (C=O) groups excluding carboxylic acids is 1. The summed E-state index contributed by atoms with van der Waals surface area (Å²) in [5.41, 5.74) is 7.28. The van der Waals surface area contributed by atoms with E-state index in [0.717, 1.165) is 25.1 Å². The van der Waals surface area contributed by atoms with Crippen molar-refractivity contribution in [2.45, 2.75) is 19.5 Å². The number of nitrogens with zero attached hydrogens (tertiary/aromatic N) is 3. The Morgan fingerprint density at radius 1 is 1.33 bits per heavy atom. The average Bonchev–Trinajstić information content (AvgIpc) is 2.99. The maximum Gasteiger partial charge on any atom is 0.253 e. The molecule has 1 aromatic heterocycles. The summed E-state index contributed by atoms with van der Waals surface area (Å²) in [6.07, 6.45) is 6.37. The third-order valence-corrected chi connectivity index (χ3v) is 3.25. The van der Waals surface area contributed by atoms with Crippen LogP contribution in [-0.4, -0.2) is 34.0 Å². The first-order chi connectivity index (χ1) is 9.70. The summed E-state index contributed by atoms with van der Waals surface area (Å²) >= 11 is 0. The zero-order chi connectivity index (χ0) is 14.4. The number of halogens is 1. The van der Waals surface area contributed by atoms with Crippen molar-refractivity contribution in [3.8, 4) is 0 Å². The summed E-state index contributed by atoms with van der Waals surface area (Å²) in [7, 11) is 1.83. The van der Waals surface area contributed by atoms with Crippen molar-refractivity contribution in [3.05, 3.63) is 54.1 Å². The van der Waals surface area contributed by atoms with Gasteiger partial charge in [-0.3, -0.25) is 4.79 Å². The fraction of sp³-hybridized carbons (Fsp3) is 0.333. The minimum atomic E-state index is 0. The highest BCUT2D eigenvalue weighted by molar-refractivity contribution is 5.94. The van der Waals surface area contributed by atoms with E-state index in [2.05, 4.69) is 4.98 Å². The van der Waals surface area contributed by atoms with Crippen molar-refractivity contribution in [2.24, 2.45) is 5.73 Å². The van der Waals surface area contributed by atoms with E-state index in [4.69, 9.17) is 5.73 Å². The highest BCUT2D eigenvalue weighted by Gasteiger charge is 2.10. The van der Waals surface area contributed by atoms with Crippen molar-refractivity contribution < 1.29 is 4.79 Å². The summed E-state index contributed by atoms with van der Waals surface area (Å²) < 4.78 is 2.01. The molecule has 0 radical (unpaired) electrons. The maximum atomic E-state index is 12.2. The number of amides is 1. The summed E-state index contributed by atoms with van der Waals surface area (Å²) in [4.78, 5) is 17.9. The van der Waals surface area contributed by atoms with Gasteiger partial charge >= 0.3 is 0 Å². The van der Waals surface area contributed by atoms with Gasteiger partial charge in [-0.1, -0.05) is 12.1 Å². The minimum absolute atomic E-state index is 0. The monoisotopic (exact) mass is 308 g/mol. The number of rotatable bonds is 6. The van der Waals surface area contributed by atoms with Crippen LogP contribution in [0.15, 0.2) is 43.0 Å². The summed E-state index contributed by atoms with van der Waals surface area (Å²) in [6.45, 7) is 2.08. The molecule has 21 heavy (non-hydrogen) atoms. The van der Waals surface area contributed by atoms with Crippen LogP contribution in [0.2, 0.25) is 0 Å². The second-order valence-corrected chi connectivity index (χ2v) is 4.78. The average molecular weight is 309 g/mol. The third kappa shape index (κ3) is 4.88. The molecule has 0 fully saturated rings. The van der Waals surface area contributed by atoms with Gasteiger partial charge in [0.15, 0.2) is 0 Å². The highest BCUT2D eigenvalue weighted by Crippen LogP contribution is 2.07. The normalized spacial score (nSPS) is 10.0. The van der Waals surface area contributed by atoms with E-state index in [1.807, 2.05) is 42.1 Å². The van der Waals surface area contributed by atoms with E-state index >= 15 is 0 Å². The number of aryl methyl sites for hydroxylation is 1. The number of imidazole rings is 1. The maximum absolute atomic E-state index is 12.2. The molecule has 2 rings (SSSR count). The lowest BCUT2D eigenvalue weighted by Gasteiger charge is -2.17. The lowest BCUT2D eigenvalue weighted by molar-refractivity contribution is 0.0792. The van der Waals surface area contributed by atoms with E-state index in [-0.39, 0.29) is 18.3 Å². The standard InChI is InChI=1S/C15H20N4O.ClH/c1-18(8-2-9-19-10-7-17-12-19)15(20)14-5-3-13(11-16)4-6-14;/h3-7,10,12H,2,8-9,11,16H2,1H3;1H. The first-order valence-corrected chi connectivity index (χ1v) is 6.71. The van der Waals surface area contributed by atoms with E-state index in [1.54, 1.807) is 17.4 Å². The van der Waals surface area contributed by atoms with Gasteiger partial charge in [0.25, 0.3) is 5.91 Å². The smallest absolute Gasteiger partial charge is 0.253 e. The lowest BCUT2D eigenvalue weighted by atomic mass is 10.1. The van der Waals surface area contributed by atoms with Gasteiger partial charge in [-0.2, -0.15) is 0 Å². The molecule has 0 aliphatic carbocycles. The molecule has 1 amide bonds. The number of hydrogen-bond donors (Lipinski definition) is 1. The molecule has 6 heteroatoms. The zero-order valence-corrected chi connectivity index (χ0v) is 12.9.